The highest BCUT2D eigenvalue weighted by molar-refractivity contribution is 6.28. The molecule has 2 heterocycles. The van der Waals surface area contributed by atoms with Gasteiger partial charge >= 0.3 is 0 Å². The van der Waals surface area contributed by atoms with Gasteiger partial charge in [-0.05, 0) is 47.5 Å². The Bertz CT molecular complexity index is 1540. The Balaban J connectivity index is 1.62. The monoisotopic (exact) mass is 521 g/mol. The number of hydrogen-bond donors (Lipinski definition) is 0. The number of ether oxygens (including phenoxy) is 1. The van der Waals surface area contributed by atoms with E-state index in [1.165, 1.54) is 12.1 Å². The van der Waals surface area contributed by atoms with Crippen LogP contribution in [0.25, 0.3) is 0 Å². The number of anilines is 2. The molecule has 0 bridgehead atoms. The number of para-hydroxylation sites is 2. The largest absolute Gasteiger partial charge is 0.497 e. The van der Waals surface area contributed by atoms with Crippen LogP contribution < -0.4 is 14.7 Å². The van der Waals surface area contributed by atoms with Gasteiger partial charge < -0.3 is 4.74 Å². The fraction of sp³-hybridized carbons (Fsp3) is 0.133. The molecule has 2 amide bonds. The van der Waals surface area contributed by atoms with Gasteiger partial charge in [-0.25, -0.2) is 9.96 Å². The van der Waals surface area contributed by atoms with Crippen LogP contribution >= 0.6 is 0 Å². The van der Waals surface area contributed by atoms with Crippen LogP contribution in [-0.2, 0) is 19.8 Å². The van der Waals surface area contributed by atoms with E-state index in [-0.39, 0.29) is 5.69 Å². The molecule has 2 saturated heterocycles. The van der Waals surface area contributed by atoms with Gasteiger partial charge in [-0.3, -0.25) is 24.5 Å². The third-order valence-corrected chi connectivity index (χ3v) is 7.31. The molecule has 3 atom stereocenters. The van der Waals surface area contributed by atoms with Gasteiger partial charge in [0.2, 0.25) is 5.91 Å². The molecule has 6 rings (SSSR count). The van der Waals surface area contributed by atoms with Crippen molar-refractivity contribution >= 4 is 28.9 Å². The Morgan fingerprint density at radius 1 is 0.821 bits per heavy atom. The van der Waals surface area contributed by atoms with Crippen LogP contribution in [0.5, 0.6) is 5.75 Å². The molecule has 9 nitrogen and oxygen atoms in total. The van der Waals surface area contributed by atoms with Gasteiger partial charge in [0.1, 0.15) is 17.2 Å². The Morgan fingerprint density at radius 3 is 1.97 bits per heavy atom. The first-order valence-electron chi connectivity index (χ1n) is 12.3. The number of amides is 2. The van der Waals surface area contributed by atoms with Gasteiger partial charge in [0.15, 0.2) is 6.10 Å². The first kappa shape index (κ1) is 24.3. The predicted octanol–water partition coefficient (Wildman–Crippen LogP) is 4.98. The number of fused-ring (bicyclic) bond motifs is 1. The maximum absolute atomic E-state index is 14.7. The van der Waals surface area contributed by atoms with Crippen molar-refractivity contribution in [2.45, 2.75) is 17.6 Å². The minimum absolute atomic E-state index is 0.122. The molecule has 2 aliphatic heterocycles. The molecule has 0 aromatic heterocycles. The molecule has 0 aliphatic carbocycles. The van der Waals surface area contributed by atoms with E-state index in [0.29, 0.717) is 28.3 Å². The summed E-state index contributed by atoms with van der Waals surface area (Å²) in [5, 5.41) is 13.0. The predicted molar refractivity (Wildman–Crippen MR) is 143 cm³/mol. The molecule has 0 spiro atoms. The third-order valence-electron chi connectivity index (χ3n) is 7.31. The summed E-state index contributed by atoms with van der Waals surface area (Å²) in [4.78, 5) is 47.2. The van der Waals surface area contributed by atoms with E-state index in [1.807, 2.05) is 42.5 Å². The lowest BCUT2D eigenvalue weighted by molar-refractivity contribution is -0.384. The first-order valence-corrected chi connectivity index (χ1v) is 12.3. The number of nitrogens with zero attached hydrogens (tertiary/aromatic N) is 3. The summed E-state index contributed by atoms with van der Waals surface area (Å²) in [6, 6.07) is 30.1. The van der Waals surface area contributed by atoms with E-state index < -0.39 is 34.3 Å². The zero-order chi connectivity index (χ0) is 27.1. The normalized spacial score (nSPS) is 22.2. The minimum Gasteiger partial charge on any atom is -0.497 e. The van der Waals surface area contributed by atoms with Gasteiger partial charge in [-0.2, -0.15) is 0 Å². The lowest BCUT2D eigenvalue weighted by Gasteiger charge is -2.35. The lowest BCUT2D eigenvalue weighted by Crippen LogP contribution is -2.46. The number of imide groups is 1. The van der Waals surface area contributed by atoms with Gasteiger partial charge in [-0.1, -0.05) is 60.7 Å². The Hall–Kier alpha value is -5.02. The molecular weight excluding hydrogens is 498 g/mol. The maximum Gasteiger partial charge on any atom is 0.269 e. The average molecular weight is 522 g/mol. The number of hydroxylamine groups is 1. The molecule has 4 aromatic rings. The maximum atomic E-state index is 14.7. The van der Waals surface area contributed by atoms with Crippen LogP contribution in [0.1, 0.15) is 17.2 Å². The molecule has 194 valence electrons. The highest BCUT2D eigenvalue weighted by Gasteiger charge is 2.72. The van der Waals surface area contributed by atoms with E-state index in [1.54, 1.807) is 66.8 Å². The molecule has 0 N–H and O–H groups in total. The number of methoxy groups -OCH3 is 1. The van der Waals surface area contributed by atoms with Crippen LogP contribution in [0.4, 0.5) is 17.1 Å². The summed E-state index contributed by atoms with van der Waals surface area (Å²) in [5.41, 5.74) is 0.549. The zero-order valence-electron chi connectivity index (χ0n) is 20.8. The Morgan fingerprint density at radius 2 is 1.41 bits per heavy atom. The third kappa shape index (κ3) is 3.66. The molecule has 0 unspecified atom stereocenters. The number of hydrogen-bond acceptors (Lipinski definition) is 7. The number of carbonyl (C=O) groups is 2. The molecule has 0 radical (unpaired) electrons. The molecular formula is C30H23N3O6. The standard InChI is InChI=1S/C30H23N3O6/c1-38-25-18-12-20(13-19-25)26-30(21-14-16-24(17-15-21)33(36)37)27(39-32(26)23-10-6-3-7-11-23)28(34)31(29(30)35)22-8-4-2-5-9-22/h2-19,26-27H,1H3/t26-,27+,30+/m0/s1. The molecule has 39 heavy (non-hydrogen) atoms. The fourth-order valence-corrected chi connectivity index (χ4v) is 5.54. The van der Waals surface area contributed by atoms with Crippen molar-refractivity contribution in [3.8, 4) is 5.75 Å². The Labute approximate surface area is 223 Å². The molecule has 2 aliphatic rings. The van der Waals surface area contributed by atoms with Crippen LogP contribution in [0.2, 0.25) is 0 Å². The first-order chi connectivity index (χ1) is 19.0. The van der Waals surface area contributed by atoms with Crippen molar-refractivity contribution in [3.63, 3.8) is 0 Å². The van der Waals surface area contributed by atoms with Crippen molar-refractivity contribution in [1.29, 1.82) is 0 Å². The number of benzene rings is 4. The van der Waals surface area contributed by atoms with Crippen LogP contribution in [0, 0.1) is 10.1 Å². The van der Waals surface area contributed by atoms with Gasteiger partial charge in [-0.15, -0.1) is 0 Å². The summed E-state index contributed by atoms with van der Waals surface area (Å²) < 4.78 is 5.35. The second-order valence-electron chi connectivity index (χ2n) is 9.31. The minimum atomic E-state index is -1.55. The van der Waals surface area contributed by atoms with E-state index in [0.717, 1.165) is 4.90 Å². The topological polar surface area (TPSA) is 102 Å². The fourth-order valence-electron chi connectivity index (χ4n) is 5.54. The van der Waals surface area contributed by atoms with E-state index in [4.69, 9.17) is 9.57 Å². The SMILES string of the molecule is COc1ccc([C@@H]2N(c3ccccc3)O[C@@H]3C(=O)N(c4ccccc4)C(=O)[C@@]32c2ccc([N+](=O)[O-])cc2)cc1. The summed E-state index contributed by atoms with van der Waals surface area (Å²) in [6.07, 6.45) is -1.22. The summed E-state index contributed by atoms with van der Waals surface area (Å²) in [5.74, 6) is -0.358. The highest BCUT2D eigenvalue weighted by atomic mass is 16.7. The lowest BCUT2D eigenvalue weighted by atomic mass is 9.69. The quantitative estimate of drug-likeness (QED) is 0.200. The molecule has 4 aromatic carbocycles. The van der Waals surface area contributed by atoms with E-state index in [9.17, 15) is 19.7 Å². The summed E-state index contributed by atoms with van der Waals surface area (Å²) >= 11 is 0. The number of nitro benzene ring substituents is 1. The highest BCUT2D eigenvalue weighted by Crippen LogP contribution is 2.57. The second kappa shape index (κ2) is 9.38. The van der Waals surface area contributed by atoms with Crippen molar-refractivity contribution < 1.29 is 24.1 Å². The molecule has 2 fully saturated rings. The van der Waals surface area contributed by atoms with Crippen molar-refractivity contribution in [3.05, 3.63) is 130 Å². The second-order valence-corrected chi connectivity index (χ2v) is 9.31. The van der Waals surface area contributed by atoms with Crippen molar-refractivity contribution in [2.24, 2.45) is 0 Å². The van der Waals surface area contributed by atoms with Crippen LogP contribution in [0.3, 0.4) is 0 Å². The average Bonchev–Trinajstić information content (AvgIpc) is 3.45. The summed E-state index contributed by atoms with van der Waals surface area (Å²) in [7, 11) is 1.56. The van der Waals surface area contributed by atoms with Gasteiger partial charge in [0, 0.05) is 12.1 Å². The zero-order valence-corrected chi connectivity index (χ0v) is 20.8. The van der Waals surface area contributed by atoms with Crippen molar-refractivity contribution in [2.75, 3.05) is 17.1 Å². The Kier molecular flexibility index (Phi) is 5.85. The number of carbonyl (C=O) groups excluding carboxylic acids is 2. The van der Waals surface area contributed by atoms with Gasteiger partial charge in [0.25, 0.3) is 11.6 Å². The van der Waals surface area contributed by atoms with E-state index >= 15 is 0 Å². The van der Waals surface area contributed by atoms with Crippen LogP contribution in [-0.4, -0.2) is 30.0 Å². The molecule has 9 heteroatoms. The molecule has 0 saturated carbocycles. The van der Waals surface area contributed by atoms with Crippen molar-refractivity contribution in [1.82, 2.24) is 0 Å². The van der Waals surface area contributed by atoms with Crippen LogP contribution in [0.15, 0.2) is 109 Å². The summed E-state index contributed by atoms with van der Waals surface area (Å²) in [6.45, 7) is 0. The smallest absolute Gasteiger partial charge is 0.269 e. The number of rotatable bonds is 6. The van der Waals surface area contributed by atoms with Gasteiger partial charge in [0.05, 0.1) is 23.4 Å². The number of nitro groups is 1. The van der Waals surface area contributed by atoms with E-state index in [2.05, 4.69) is 0 Å². The number of non-ortho nitro benzene ring substituents is 1.